The fourth-order valence-corrected chi connectivity index (χ4v) is 1.94. The molecule has 0 saturated carbocycles. The average Bonchev–Trinajstić information content (AvgIpc) is 2.44. The van der Waals surface area contributed by atoms with Gasteiger partial charge in [0, 0.05) is 25.8 Å². The van der Waals surface area contributed by atoms with Crippen molar-refractivity contribution in [2.24, 2.45) is 0 Å². The third-order valence-electron chi connectivity index (χ3n) is 2.76. The van der Waals surface area contributed by atoms with Gasteiger partial charge in [0.2, 0.25) is 0 Å². The van der Waals surface area contributed by atoms with E-state index < -0.39 is 0 Å². The fourth-order valence-electron chi connectivity index (χ4n) is 1.83. The number of hydrogen-bond donors (Lipinski definition) is 0. The van der Waals surface area contributed by atoms with Crippen LogP contribution in [-0.4, -0.2) is 43.1 Å². The zero-order chi connectivity index (χ0) is 10.7. The minimum Gasteiger partial charge on any atom is -0.355 e. The van der Waals surface area contributed by atoms with Crippen LogP contribution in [0.3, 0.4) is 0 Å². The van der Waals surface area contributed by atoms with Gasteiger partial charge < -0.3 is 9.80 Å². The molecule has 1 fully saturated rings. The van der Waals surface area contributed by atoms with Crippen molar-refractivity contribution < 1.29 is 0 Å². The number of anilines is 1. The Kier molecular flexibility index (Phi) is 3.44. The number of rotatable bonds is 1. The number of likely N-dealkylation sites (N-methyl/N-ethyl adjacent to an activating group) is 1. The van der Waals surface area contributed by atoms with Gasteiger partial charge in [-0.1, -0.05) is 11.6 Å². The highest BCUT2D eigenvalue weighted by atomic mass is 35.5. The van der Waals surface area contributed by atoms with E-state index in [-0.39, 0.29) is 0 Å². The molecule has 3 nitrogen and oxygen atoms in total. The lowest BCUT2D eigenvalue weighted by atomic mass is 10.3. The van der Waals surface area contributed by atoms with Gasteiger partial charge in [-0.05, 0) is 32.1 Å². The molecular formula is C11H16ClN3. The molecule has 15 heavy (non-hydrogen) atoms. The maximum absolute atomic E-state index is 5.82. The monoisotopic (exact) mass is 225 g/mol. The quantitative estimate of drug-likeness (QED) is 0.728. The predicted octanol–water partition coefficient (Wildman–Crippen LogP) is 1.88. The third-order valence-corrected chi connectivity index (χ3v) is 2.98. The maximum Gasteiger partial charge on any atom is 0.128 e. The summed E-state index contributed by atoms with van der Waals surface area (Å²) in [6.45, 7) is 4.40. The summed E-state index contributed by atoms with van der Waals surface area (Å²) in [5.41, 5.74) is 0. The van der Waals surface area contributed by atoms with Gasteiger partial charge in [-0.2, -0.15) is 0 Å². The van der Waals surface area contributed by atoms with Gasteiger partial charge in [0.1, 0.15) is 5.82 Å². The van der Waals surface area contributed by atoms with Gasteiger partial charge in [-0.15, -0.1) is 0 Å². The lowest BCUT2D eigenvalue weighted by molar-refractivity contribution is 0.360. The van der Waals surface area contributed by atoms with E-state index in [4.69, 9.17) is 11.6 Å². The van der Waals surface area contributed by atoms with E-state index in [1.165, 1.54) is 13.0 Å². The van der Waals surface area contributed by atoms with Crippen LogP contribution in [-0.2, 0) is 0 Å². The molecule has 1 saturated heterocycles. The van der Waals surface area contributed by atoms with E-state index in [2.05, 4.69) is 21.8 Å². The van der Waals surface area contributed by atoms with E-state index in [1.807, 2.05) is 12.1 Å². The minimum atomic E-state index is 0.700. The fraction of sp³-hybridized carbons (Fsp3) is 0.545. The van der Waals surface area contributed by atoms with Crippen molar-refractivity contribution in [3.8, 4) is 0 Å². The number of hydrogen-bond acceptors (Lipinski definition) is 3. The van der Waals surface area contributed by atoms with Gasteiger partial charge in [0.25, 0.3) is 0 Å². The molecule has 2 rings (SSSR count). The Morgan fingerprint density at radius 2 is 2.07 bits per heavy atom. The van der Waals surface area contributed by atoms with Crippen LogP contribution in [0.4, 0.5) is 5.82 Å². The second kappa shape index (κ2) is 4.81. The van der Waals surface area contributed by atoms with Crippen molar-refractivity contribution in [1.82, 2.24) is 9.88 Å². The highest BCUT2D eigenvalue weighted by molar-refractivity contribution is 6.30. The molecule has 1 aromatic heterocycles. The normalized spacial score (nSPS) is 18.9. The summed E-state index contributed by atoms with van der Waals surface area (Å²) in [4.78, 5) is 9.02. The Morgan fingerprint density at radius 1 is 1.20 bits per heavy atom. The van der Waals surface area contributed by atoms with E-state index in [0.717, 1.165) is 25.5 Å². The van der Waals surface area contributed by atoms with Crippen molar-refractivity contribution in [1.29, 1.82) is 0 Å². The van der Waals surface area contributed by atoms with Crippen LogP contribution in [0.15, 0.2) is 18.3 Å². The Bertz CT molecular complexity index is 312. The highest BCUT2D eigenvalue weighted by Crippen LogP contribution is 2.15. The molecule has 0 radical (unpaired) electrons. The van der Waals surface area contributed by atoms with Crippen LogP contribution < -0.4 is 4.90 Å². The van der Waals surface area contributed by atoms with Crippen LogP contribution in [0, 0.1) is 0 Å². The minimum absolute atomic E-state index is 0.700. The molecular weight excluding hydrogens is 210 g/mol. The molecule has 4 heteroatoms. The molecule has 1 aliphatic heterocycles. The van der Waals surface area contributed by atoms with Crippen LogP contribution in [0.2, 0.25) is 5.02 Å². The summed E-state index contributed by atoms with van der Waals surface area (Å²) < 4.78 is 0. The van der Waals surface area contributed by atoms with Crippen LogP contribution in [0.25, 0.3) is 0 Å². The third kappa shape index (κ3) is 2.83. The predicted molar refractivity (Wildman–Crippen MR) is 63.6 cm³/mol. The first-order valence-corrected chi connectivity index (χ1v) is 5.68. The van der Waals surface area contributed by atoms with E-state index in [1.54, 1.807) is 6.20 Å². The summed E-state index contributed by atoms with van der Waals surface area (Å²) in [5, 5.41) is 0.700. The first-order chi connectivity index (χ1) is 7.25. The average molecular weight is 226 g/mol. The molecule has 0 N–H and O–H groups in total. The molecule has 0 spiro atoms. The van der Waals surface area contributed by atoms with Crippen LogP contribution in [0.1, 0.15) is 6.42 Å². The Morgan fingerprint density at radius 3 is 2.80 bits per heavy atom. The first kappa shape index (κ1) is 10.7. The summed E-state index contributed by atoms with van der Waals surface area (Å²) in [5.74, 6) is 1.04. The standard InChI is InChI=1S/C11H16ClN3/c1-14-5-2-6-15(8-7-14)11-4-3-10(12)9-13-11/h3-4,9H,2,5-8H2,1H3. The topological polar surface area (TPSA) is 19.4 Å². The molecule has 0 atom stereocenters. The second-order valence-corrected chi connectivity index (χ2v) is 4.41. The molecule has 0 aromatic carbocycles. The molecule has 82 valence electrons. The van der Waals surface area contributed by atoms with Gasteiger partial charge in [-0.25, -0.2) is 4.98 Å². The van der Waals surface area contributed by atoms with Gasteiger partial charge in [-0.3, -0.25) is 0 Å². The number of nitrogens with zero attached hydrogens (tertiary/aromatic N) is 3. The zero-order valence-electron chi connectivity index (χ0n) is 8.99. The van der Waals surface area contributed by atoms with Crippen molar-refractivity contribution in [3.63, 3.8) is 0 Å². The summed E-state index contributed by atoms with van der Waals surface area (Å²) >= 11 is 5.82. The summed E-state index contributed by atoms with van der Waals surface area (Å²) in [6, 6.07) is 3.89. The van der Waals surface area contributed by atoms with Gasteiger partial charge in [0.15, 0.2) is 0 Å². The largest absolute Gasteiger partial charge is 0.355 e. The summed E-state index contributed by atoms with van der Waals surface area (Å²) in [6.07, 6.45) is 2.91. The Balaban J connectivity index is 2.06. The molecule has 0 bridgehead atoms. The zero-order valence-corrected chi connectivity index (χ0v) is 9.74. The van der Waals surface area contributed by atoms with Crippen molar-refractivity contribution >= 4 is 17.4 Å². The lowest BCUT2D eigenvalue weighted by Crippen LogP contribution is -2.29. The molecule has 2 heterocycles. The smallest absolute Gasteiger partial charge is 0.128 e. The number of aromatic nitrogens is 1. The molecule has 1 aliphatic rings. The van der Waals surface area contributed by atoms with E-state index >= 15 is 0 Å². The summed E-state index contributed by atoms with van der Waals surface area (Å²) in [7, 11) is 2.17. The molecule has 1 aromatic rings. The van der Waals surface area contributed by atoms with Crippen LogP contribution >= 0.6 is 11.6 Å². The second-order valence-electron chi connectivity index (χ2n) is 3.98. The number of halogens is 1. The Hall–Kier alpha value is -0.800. The van der Waals surface area contributed by atoms with Crippen LogP contribution in [0.5, 0.6) is 0 Å². The van der Waals surface area contributed by atoms with Gasteiger partial charge in [0.05, 0.1) is 5.02 Å². The molecule has 0 aliphatic carbocycles. The molecule has 0 unspecified atom stereocenters. The van der Waals surface area contributed by atoms with E-state index in [9.17, 15) is 0 Å². The lowest BCUT2D eigenvalue weighted by Gasteiger charge is -2.21. The van der Waals surface area contributed by atoms with Crippen molar-refractivity contribution in [2.75, 3.05) is 38.1 Å². The number of pyridine rings is 1. The molecule has 0 amide bonds. The highest BCUT2D eigenvalue weighted by Gasteiger charge is 2.12. The first-order valence-electron chi connectivity index (χ1n) is 5.31. The van der Waals surface area contributed by atoms with Gasteiger partial charge >= 0.3 is 0 Å². The Labute approximate surface area is 95.7 Å². The van der Waals surface area contributed by atoms with Crippen molar-refractivity contribution in [2.45, 2.75) is 6.42 Å². The SMILES string of the molecule is CN1CCCN(c2ccc(Cl)cn2)CC1. The van der Waals surface area contributed by atoms with E-state index in [0.29, 0.717) is 5.02 Å². The maximum atomic E-state index is 5.82. The van der Waals surface area contributed by atoms with Crippen molar-refractivity contribution in [3.05, 3.63) is 23.4 Å².